The van der Waals surface area contributed by atoms with Crippen LogP contribution < -0.4 is 5.32 Å². The molecule has 0 bridgehead atoms. The molecule has 1 N–H and O–H groups in total. The van der Waals surface area contributed by atoms with E-state index < -0.39 is 0 Å². The van der Waals surface area contributed by atoms with Crippen LogP contribution in [0.1, 0.15) is 32.6 Å². The minimum atomic E-state index is 0.284. The Labute approximate surface area is 62.0 Å². The van der Waals surface area contributed by atoms with Crippen molar-refractivity contribution in [3.8, 4) is 0 Å². The molecule has 0 radical (unpaired) electrons. The Hall–Kier alpha value is -0.370. The molecule has 1 aliphatic rings. The molecule has 1 rings (SSSR count). The predicted molar refractivity (Wildman–Crippen MR) is 40.9 cm³/mol. The first-order valence-electron chi connectivity index (χ1n) is 4.02. The molecule has 0 aromatic carbocycles. The molecule has 0 aromatic heterocycles. The lowest BCUT2D eigenvalue weighted by Gasteiger charge is -2.26. The van der Waals surface area contributed by atoms with Crippen molar-refractivity contribution < 1.29 is 4.79 Å². The van der Waals surface area contributed by atoms with Crippen molar-refractivity contribution in [1.29, 1.82) is 0 Å². The van der Waals surface area contributed by atoms with Gasteiger partial charge in [-0.1, -0.05) is 6.42 Å². The molecule has 1 saturated carbocycles. The molecule has 2 nitrogen and oxygen atoms in total. The Morgan fingerprint density at radius 2 is 2.30 bits per heavy atom. The second-order valence-corrected chi connectivity index (χ2v) is 3.03. The number of hydrogen-bond donors (Lipinski definition) is 1. The van der Waals surface area contributed by atoms with Crippen LogP contribution in [0, 0.1) is 0 Å². The van der Waals surface area contributed by atoms with Gasteiger partial charge in [-0.15, -0.1) is 0 Å². The van der Waals surface area contributed by atoms with Gasteiger partial charge < -0.3 is 5.32 Å². The van der Waals surface area contributed by atoms with Crippen LogP contribution in [0.5, 0.6) is 0 Å². The molecule has 1 fully saturated rings. The maximum atomic E-state index is 10.5. The van der Waals surface area contributed by atoms with Crippen LogP contribution in [-0.2, 0) is 4.79 Å². The van der Waals surface area contributed by atoms with Crippen molar-refractivity contribution in [2.75, 3.05) is 6.54 Å². The maximum absolute atomic E-state index is 10.5. The van der Waals surface area contributed by atoms with E-state index in [0.29, 0.717) is 6.42 Å². The van der Waals surface area contributed by atoms with Crippen molar-refractivity contribution in [2.24, 2.45) is 0 Å². The zero-order chi connectivity index (χ0) is 7.40. The molecule has 0 amide bonds. The summed E-state index contributed by atoms with van der Waals surface area (Å²) in [4.78, 5) is 10.5. The molecule has 10 heavy (non-hydrogen) atoms. The van der Waals surface area contributed by atoms with E-state index in [1.165, 1.54) is 19.3 Å². The van der Waals surface area contributed by atoms with Crippen LogP contribution in [0.2, 0.25) is 0 Å². The molecule has 0 heterocycles. The molecule has 0 aliphatic heterocycles. The maximum Gasteiger partial charge on any atom is 0.131 e. The molecular weight excluding hydrogens is 126 g/mol. The van der Waals surface area contributed by atoms with Gasteiger partial charge in [0.1, 0.15) is 5.78 Å². The van der Waals surface area contributed by atoms with E-state index in [1.807, 2.05) is 0 Å². The summed E-state index contributed by atoms with van der Waals surface area (Å²) in [5.74, 6) is 0.284. The summed E-state index contributed by atoms with van der Waals surface area (Å²) >= 11 is 0. The van der Waals surface area contributed by atoms with Crippen molar-refractivity contribution in [3.05, 3.63) is 0 Å². The number of nitrogens with one attached hydrogen (secondary N) is 1. The summed E-state index contributed by atoms with van der Waals surface area (Å²) in [7, 11) is 0. The van der Waals surface area contributed by atoms with Crippen molar-refractivity contribution in [2.45, 2.75) is 38.6 Å². The second-order valence-electron chi connectivity index (χ2n) is 3.03. The Morgan fingerprint density at radius 1 is 1.60 bits per heavy atom. The van der Waals surface area contributed by atoms with Gasteiger partial charge in [-0.2, -0.15) is 0 Å². The number of carbonyl (C=O) groups is 1. The van der Waals surface area contributed by atoms with E-state index in [4.69, 9.17) is 0 Å². The van der Waals surface area contributed by atoms with Crippen molar-refractivity contribution in [3.63, 3.8) is 0 Å². The van der Waals surface area contributed by atoms with Gasteiger partial charge in [-0.3, -0.25) is 4.79 Å². The van der Waals surface area contributed by atoms with Gasteiger partial charge >= 0.3 is 0 Å². The Balaban J connectivity index is 1.89. The minimum absolute atomic E-state index is 0.284. The van der Waals surface area contributed by atoms with Gasteiger partial charge in [0.15, 0.2) is 0 Å². The lowest BCUT2D eigenvalue weighted by Crippen LogP contribution is -2.36. The van der Waals surface area contributed by atoms with Gasteiger partial charge in [0.2, 0.25) is 0 Å². The zero-order valence-electron chi connectivity index (χ0n) is 6.52. The van der Waals surface area contributed by atoms with Gasteiger partial charge in [0.25, 0.3) is 0 Å². The third-order valence-electron chi connectivity index (χ3n) is 2.02. The van der Waals surface area contributed by atoms with E-state index in [2.05, 4.69) is 5.32 Å². The van der Waals surface area contributed by atoms with E-state index in [9.17, 15) is 4.79 Å². The minimum Gasteiger partial charge on any atom is -0.314 e. The number of ketones is 1. The summed E-state index contributed by atoms with van der Waals surface area (Å²) in [6, 6.07) is 0.722. The first kappa shape index (κ1) is 7.73. The molecule has 1 aliphatic carbocycles. The standard InChI is InChI=1S/C8H15NO/c1-7(10)5-6-9-8-3-2-4-8/h8-9H,2-6H2,1H3. The predicted octanol–water partition coefficient (Wildman–Crippen LogP) is 1.11. The van der Waals surface area contributed by atoms with Crippen LogP contribution >= 0.6 is 0 Å². The second kappa shape index (κ2) is 3.71. The highest BCUT2D eigenvalue weighted by molar-refractivity contribution is 5.75. The van der Waals surface area contributed by atoms with E-state index >= 15 is 0 Å². The highest BCUT2D eigenvalue weighted by atomic mass is 16.1. The third kappa shape index (κ3) is 2.48. The van der Waals surface area contributed by atoms with Crippen molar-refractivity contribution in [1.82, 2.24) is 5.32 Å². The average molecular weight is 141 g/mol. The fraction of sp³-hybridized carbons (Fsp3) is 0.875. The van der Waals surface area contributed by atoms with Crippen LogP contribution in [0.3, 0.4) is 0 Å². The number of rotatable bonds is 4. The van der Waals surface area contributed by atoms with E-state index in [-0.39, 0.29) is 5.78 Å². The first-order chi connectivity index (χ1) is 4.79. The lowest BCUT2D eigenvalue weighted by molar-refractivity contribution is -0.116. The van der Waals surface area contributed by atoms with Crippen LogP contribution in [0.4, 0.5) is 0 Å². The monoisotopic (exact) mass is 141 g/mol. The molecule has 0 saturated heterocycles. The third-order valence-corrected chi connectivity index (χ3v) is 2.02. The Bertz CT molecular complexity index is 118. The van der Waals surface area contributed by atoms with Gasteiger partial charge in [-0.25, -0.2) is 0 Å². The van der Waals surface area contributed by atoms with Crippen molar-refractivity contribution >= 4 is 5.78 Å². The highest BCUT2D eigenvalue weighted by Crippen LogP contribution is 2.17. The molecule has 0 atom stereocenters. The largest absolute Gasteiger partial charge is 0.314 e. The summed E-state index contributed by atoms with van der Waals surface area (Å²) < 4.78 is 0. The molecular formula is C8H15NO. The van der Waals surface area contributed by atoms with Gasteiger partial charge in [0, 0.05) is 19.0 Å². The van der Waals surface area contributed by atoms with Crippen LogP contribution in [0.15, 0.2) is 0 Å². The first-order valence-corrected chi connectivity index (χ1v) is 4.02. The number of hydrogen-bond acceptors (Lipinski definition) is 2. The fourth-order valence-electron chi connectivity index (χ4n) is 1.06. The molecule has 2 heteroatoms. The summed E-state index contributed by atoms with van der Waals surface area (Å²) in [5.41, 5.74) is 0. The molecule has 0 spiro atoms. The molecule has 58 valence electrons. The van der Waals surface area contributed by atoms with E-state index in [0.717, 1.165) is 12.6 Å². The molecule has 0 unspecified atom stereocenters. The number of carbonyl (C=O) groups excluding carboxylic acids is 1. The zero-order valence-corrected chi connectivity index (χ0v) is 6.52. The number of Topliss-reactive ketones (excluding diaryl/α,β-unsaturated/α-hetero) is 1. The summed E-state index contributed by atoms with van der Waals surface area (Å²) in [6.07, 6.45) is 4.66. The topological polar surface area (TPSA) is 29.1 Å². The highest BCUT2D eigenvalue weighted by Gasteiger charge is 2.15. The quantitative estimate of drug-likeness (QED) is 0.635. The fourth-order valence-corrected chi connectivity index (χ4v) is 1.06. The van der Waals surface area contributed by atoms with Gasteiger partial charge in [-0.05, 0) is 19.8 Å². The Morgan fingerprint density at radius 3 is 2.70 bits per heavy atom. The summed E-state index contributed by atoms with van der Waals surface area (Å²) in [6.45, 7) is 2.52. The van der Waals surface area contributed by atoms with Crippen LogP contribution in [-0.4, -0.2) is 18.4 Å². The summed E-state index contributed by atoms with van der Waals surface area (Å²) in [5, 5.41) is 3.33. The Kier molecular flexibility index (Phi) is 2.87. The normalized spacial score (nSPS) is 18.5. The smallest absolute Gasteiger partial charge is 0.131 e. The lowest BCUT2D eigenvalue weighted by atomic mass is 9.93. The SMILES string of the molecule is CC(=O)CCNC1CCC1. The average Bonchev–Trinajstić information content (AvgIpc) is 1.75. The molecule has 0 aromatic rings. The van der Waals surface area contributed by atoms with Crippen LogP contribution in [0.25, 0.3) is 0 Å². The van der Waals surface area contributed by atoms with E-state index in [1.54, 1.807) is 6.92 Å². The van der Waals surface area contributed by atoms with Gasteiger partial charge in [0.05, 0.1) is 0 Å².